The van der Waals surface area contributed by atoms with Gasteiger partial charge in [0.1, 0.15) is 6.04 Å². The monoisotopic (exact) mass is 348 g/mol. The number of benzene rings is 1. The van der Waals surface area contributed by atoms with Crippen LogP contribution in [0.3, 0.4) is 0 Å². The van der Waals surface area contributed by atoms with Crippen molar-refractivity contribution in [3.63, 3.8) is 0 Å². The van der Waals surface area contributed by atoms with Crippen molar-refractivity contribution in [3.05, 3.63) is 58.9 Å². The van der Waals surface area contributed by atoms with Gasteiger partial charge in [-0.1, -0.05) is 23.8 Å². The molecule has 2 unspecified atom stereocenters. The Balaban J connectivity index is 1.90. The second-order valence-electron chi connectivity index (χ2n) is 6.50. The summed E-state index contributed by atoms with van der Waals surface area (Å²) in [5.41, 5.74) is 0.730. The van der Waals surface area contributed by atoms with E-state index in [1.54, 1.807) is 6.08 Å². The normalized spacial score (nSPS) is 30.4. The van der Waals surface area contributed by atoms with E-state index < -0.39 is 40.9 Å². The van der Waals surface area contributed by atoms with Gasteiger partial charge in [-0.2, -0.15) is 0 Å². The highest BCUT2D eigenvalue weighted by molar-refractivity contribution is 6.05. The average molecular weight is 348 g/mol. The Bertz CT molecular complexity index is 862. The first-order chi connectivity index (χ1) is 11.9. The maximum Gasteiger partial charge on any atom is 0.321 e. The first-order valence-electron chi connectivity index (χ1n) is 8.00. The van der Waals surface area contributed by atoms with Crippen LogP contribution in [0.5, 0.6) is 0 Å². The third-order valence-corrected chi connectivity index (χ3v) is 5.33. The van der Waals surface area contributed by atoms with Crippen molar-refractivity contribution in [1.82, 2.24) is 5.32 Å². The molecule has 2 heterocycles. The van der Waals surface area contributed by atoms with E-state index in [4.69, 9.17) is 0 Å². The van der Waals surface area contributed by atoms with Crippen LogP contribution in [0.15, 0.2) is 40.9 Å². The van der Waals surface area contributed by atoms with Crippen LogP contribution in [-0.4, -0.2) is 29.4 Å². The van der Waals surface area contributed by atoms with Gasteiger partial charge in [-0.15, -0.1) is 0 Å². The molecule has 1 aliphatic carbocycles. The fourth-order valence-electron chi connectivity index (χ4n) is 4.18. The molecule has 0 bridgehead atoms. The molecule has 4 nitrogen and oxygen atoms in total. The number of aliphatic imine (C=N–C) groups is 1. The highest BCUT2D eigenvalue weighted by Gasteiger charge is 2.54. The zero-order chi connectivity index (χ0) is 17.8. The second kappa shape index (κ2) is 5.56. The standard InChI is InChI=1S/C18H15F3N2O2/c19-11-5-4-10(14(20)15(11)21)16-18-6-7-22-13(18)3-1-2-9(18)8-12(23-16)17(24)25/h1-5,12,16,23H,6-8H2,(H,24,25)/t12-,16?,18?/m0/s1. The number of nitrogens with zero attached hydrogens (tertiary/aromatic N) is 1. The van der Waals surface area contributed by atoms with Gasteiger partial charge in [0.2, 0.25) is 0 Å². The molecule has 25 heavy (non-hydrogen) atoms. The molecule has 3 aliphatic rings. The lowest BCUT2D eigenvalue weighted by Gasteiger charge is -2.47. The van der Waals surface area contributed by atoms with Crippen molar-refractivity contribution < 1.29 is 23.1 Å². The largest absolute Gasteiger partial charge is 0.480 e. The van der Waals surface area contributed by atoms with E-state index in [9.17, 15) is 23.1 Å². The summed E-state index contributed by atoms with van der Waals surface area (Å²) >= 11 is 0. The first kappa shape index (κ1) is 16.1. The lowest BCUT2D eigenvalue weighted by molar-refractivity contribution is -0.140. The van der Waals surface area contributed by atoms with Crippen LogP contribution in [0.4, 0.5) is 13.2 Å². The number of allylic oxidation sites excluding steroid dienone is 3. The molecule has 3 atom stereocenters. The summed E-state index contributed by atoms with van der Waals surface area (Å²) < 4.78 is 41.7. The Hall–Kier alpha value is -2.41. The van der Waals surface area contributed by atoms with E-state index in [1.165, 1.54) is 6.07 Å². The lowest BCUT2D eigenvalue weighted by atomic mass is 9.61. The van der Waals surface area contributed by atoms with Crippen LogP contribution in [0.2, 0.25) is 0 Å². The maximum absolute atomic E-state index is 14.5. The minimum atomic E-state index is -1.55. The van der Waals surface area contributed by atoms with Gasteiger partial charge in [0.25, 0.3) is 0 Å². The van der Waals surface area contributed by atoms with E-state index in [-0.39, 0.29) is 12.0 Å². The van der Waals surface area contributed by atoms with Crippen molar-refractivity contribution in [3.8, 4) is 0 Å². The van der Waals surface area contributed by atoms with Crippen LogP contribution in [0.25, 0.3) is 0 Å². The number of hydrogen-bond acceptors (Lipinski definition) is 3. The minimum Gasteiger partial charge on any atom is -0.480 e. The molecular weight excluding hydrogens is 333 g/mol. The van der Waals surface area contributed by atoms with Gasteiger partial charge in [-0.3, -0.25) is 15.1 Å². The molecule has 2 N–H and O–H groups in total. The fraction of sp³-hybridized carbons (Fsp3) is 0.333. The molecule has 4 rings (SSSR count). The molecule has 1 spiro atoms. The zero-order valence-electron chi connectivity index (χ0n) is 13.1. The van der Waals surface area contributed by atoms with Crippen LogP contribution >= 0.6 is 0 Å². The molecule has 0 aromatic heterocycles. The number of aliphatic carboxylic acids is 1. The molecule has 1 aromatic carbocycles. The third-order valence-electron chi connectivity index (χ3n) is 5.33. The van der Waals surface area contributed by atoms with Gasteiger partial charge in [-0.25, -0.2) is 13.2 Å². The van der Waals surface area contributed by atoms with Crippen molar-refractivity contribution in [2.45, 2.75) is 24.9 Å². The van der Waals surface area contributed by atoms with Crippen molar-refractivity contribution in [2.24, 2.45) is 10.4 Å². The minimum absolute atomic E-state index is 0.0827. The number of carboxylic acids is 1. The van der Waals surface area contributed by atoms with Gasteiger partial charge < -0.3 is 5.11 Å². The number of rotatable bonds is 2. The van der Waals surface area contributed by atoms with E-state index >= 15 is 0 Å². The molecule has 1 aromatic rings. The van der Waals surface area contributed by atoms with Crippen LogP contribution < -0.4 is 5.32 Å². The Morgan fingerprint density at radius 3 is 2.84 bits per heavy atom. The van der Waals surface area contributed by atoms with Crippen molar-refractivity contribution >= 4 is 11.7 Å². The molecule has 7 heteroatoms. The summed E-state index contributed by atoms with van der Waals surface area (Å²) in [6.07, 6.45) is 6.23. The molecule has 0 amide bonds. The van der Waals surface area contributed by atoms with Crippen LogP contribution in [0.1, 0.15) is 24.4 Å². The van der Waals surface area contributed by atoms with Gasteiger partial charge in [0.15, 0.2) is 17.5 Å². The molecular formula is C18H15F3N2O2. The molecule has 2 aliphatic heterocycles. The second-order valence-corrected chi connectivity index (χ2v) is 6.50. The molecule has 0 radical (unpaired) electrons. The zero-order valence-corrected chi connectivity index (χ0v) is 13.1. The molecule has 1 saturated heterocycles. The number of piperidine rings is 1. The molecule has 0 saturated carbocycles. The Morgan fingerprint density at radius 1 is 1.28 bits per heavy atom. The van der Waals surface area contributed by atoms with E-state index in [1.807, 2.05) is 12.2 Å². The predicted octanol–water partition coefficient (Wildman–Crippen LogP) is 2.92. The van der Waals surface area contributed by atoms with E-state index in [2.05, 4.69) is 10.3 Å². The number of nitrogens with one attached hydrogen (secondary N) is 1. The van der Waals surface area contributed by atoms with E-state index in [0.717, 1.165) is 17.4 Å². The van der Waals surface area contributed by atoms with Gasteiger partial charge >= 0.3 is 5.97 Å². The molecule has 1 fully saturated rings. The third kappa shape index (κ3) is 2.18. The summed E-state index contributed by atoms with van der Waals surface area (Å²) in [4.78, 5) is 16.0. The van der Waals surface area contributed by atoms with Gasteiger partial charge in [-0.05, 0) is 25.0 Å². The Kier molecular flexibility index (Phi) is 3.57. The summed E-state index contributed by atoms with van der Waals surface area (Å²) in [7, 11) is 0. The lowest BCUT2D eigenvalue weighted by Crippen LogP contribution is -2.55. The Morgan fingerprint density at radius 2 is 2.08 bits per heavy atom. The van der Waals surface area contributed by atoms with Crippen LogP contribution in [-0.2, 0) is 4.79 Å². The SMILES string of the molecule is O=C(O)[C@@H]1CC2=CC=CC3=NCCC23C(c2ccc(F)c(F)c2F)N1. The summed E-state index contributed by atoms with van der Waals surface area (Å²) in [5.74, 6) is -5.20. The summed E-state index contributed by atoms with van der Waals surface area (Å²) in [6.45, 7) is 0.512. The number of carbonyl (C=O) groups is 1. The fourth-order valence-corrected chi connectivity index (χ4v) is 4.18. The van der Waals surface area contributed by atoms with Gasteiger partial charge in [0.05, 0.1) is 11.5 Å². The highest BCUT2D eigenvalue weighted by atomic mass is 19.2. The van der Waals surface area contributed by atoms with Crippen molar-refractivity contribution in [1.29, 1.82) is 0 Å². The quantitative estimate of drug-likeness (QED) is 0.808. The topological polar surface area (TPSA) is 61.7 Å². The molecule has 130 valence electrons. The number of halogens is 3. The predicted molar refractivity (Wildman–Crippen MR) is 84.8 cm³/mol. The summed E-state index contributed by atoms with van der Waals surface area (Å²) in [6, 6.07) is 0.262. The first-order valence-corrected chi connectivity index (χ1v) is 8.00. The Labute approximate surface area is 141 Å². The summed E-state index contributed by atoms with van der Waals surface area (Å²) in [5, 5.41) is 12.4. The van der Waals surface area contributed by atoms with Crippen molar-refractivity contribution in [2.75, 3.05) is 6.54 Å². The van der Waals surface area contributed by atoms with E-state index in [0.29, 0.717) is 13.0 Å². The van der Waals surface area contributed by atoms with Gasteiger partial charge in [0, 0.05) is 17.8 Å². The average Bonchev–Trinajstić information content (AvgIpc) is 3.02. The number of hydrogen-bond donors (Lipinski definition) is 2. The van der Waals surface area contributed by atoms with Crippen LogP contribution in [0, 0.1) is 22.9 Å². The highest BCUT2D eigenvalue weighted by Crippen LogP contribution is 2.54. The smallest absolute Gasteiger partial charge is 0.321 e. The number of carboxylic acid groups (broad SMARTS) is 1. The maximum atomic E-state index is 14.5.